The van der Waals surface area contributed by atoms with E-state index in [0.717, 1.165) is 12.8 Å². The molecule has 0 unspecified atom stereocenters. The zero-order valence-corrected chi connectivity index (χ0v) is 9.42. The summed E-state index contributed by atoms with van der Waals surface area (Å²) in [6, 6.07) is -0.425. The first-order valence-electron chi connectivity index (χ1n) is 5.55. The summed E-state index contributed by atoms with van der Waals surface area (Å²) >= 11 is 0. The van der Waals surface area contributed by atoms with Gasteiger partial charge in [0.2, 0.25) is 0 Å². The molecule has 84 valence electrons. The van der Waals surface area contributed by atoms with Gasteiger partial charge in [-0.2, -0.15) is 0 Å². The Morgan fingerprint density at radius 1 is 1.21 bits per heavy atom. The summed E-state index contributed by atoms with van der Waals surface area (Å²) in [7, 11) is 1.38. The van der Waals surface area contributed by atoms with E-state index in [1.165, 1.54) is 39.2 Å². The molecule has 0 amide bonds. The molecule has 0 aromatic heterocycles. The van der Waals surface area contributed by atoms with Gasteiger partial charge in [0.15, 0.2) is 0 Å². The fourth-order valence-corrected chi connectivity index (χ4v) is 1.41. The number of methoxy groups -OCH3 is 1. The van der Waals surface area contributed by atoms with Crippen LogP contribution in [0.3, 0.4) is 0 Å². The van der Waals surface area contributed by atoms with E-state index in [-0.39, 0.29) is 5.97 Å². The average molecular weight is 201 g/mol. The van der Waals surface area contributed by atoms with E-state index in [2.05, 4.69) is 11.7 Å². The molecule has 0 aliphatic heterocycles. The third-order valence-electron chi connectivity index (χ3n) is 2.37. The third-order valence-corrected chi connectivity index (χ3v) is 2.37. The van der Waals surface area contributed by atoms with Crippen molar-refractivity contribution in [1.29, 1.82) is 0 Å². The van der Waals surface area contributed by atoms with Crippen LogP contribution in [-0.4, -0.2) is 19.1 Å². The molecular formula is C11H23NO2. The molecule has 0 saturated carbocycles. The maximum absolute atomic E-state index is 10.9. The second-order valence-electron chi connectivity index (χ2n) is 3.69. The lowest BCUT2D eigenvalue weighted by molar-refractivity contribution is -0.142. The molecular weight excluding hydrogens is 178 g/mol. The van der Waals surface area contributed by atoms with Crippen LogP contribution in [0.1, 0.15) is 51.9 Å². The van der Waals surface area contributed by atoms with Crippen LogP contribution in [0.4, 0.5) is 0 Å². The van der Waals surface area contributed by atoms with Gasteiger partial charge >= 0.3 is 5.97 Å². The van der Waals surface area contributed by atoms with E-state index in [0.29, 0.717) is 0 Å². The number of ether oxygens (including phenoxy) is 1. The highest BCUT2D eigenvalue weighted by Crippen LogP contribution is 2.08. The number of carbonyl (C=O) groups excluding carboxylic acids is 1. The lowest BCUT2D eigenvalue weighted by Gasteiger charge is -2.08. The fraction of sp³-hybridized carbons (Fsp3) is 0.909. The maximum Gasteiger partial charge on any atom is 0.322 e. The van der Waals surface area contributed by atoms with Crippen molar-refractivity contribution in [3.63, 3.8) is 0 Å². The Balaban J connectivity index is 3.23. The lowest BCUT2D eigenvalue weighted by Crippen LogP contribution is -2.31. The molecule has 0 rings (SSSR count). The number of rotatable bonds is 8. The average Bonchev–Trinajstić information content (AvgIpc) is 2.21. The van der Waals surface area contributed by atoms with Gasteiger partial charge in [-0.1, -0.05) is 45.4 Å². The quantitative estimate of drug-likeness (QED) is 0.484. The van der Waals surface area contributed by atoms with Crippen LogP contribution in [0, 0.1) is 0 Å². The molecule has 2 N–H and O–H groups in total. The zero-order chi connectivity index (χ0) is 10.8. The summed E-state index contributed by atoms with van der Waals surface area (Å²) in [4.78, 5) is 10.9. The molecule has 0 aliphatic rings. The van der Waals surface area contributed by atoms with Gasteiger partial charge < -0.3 is 10.5 Å². The predicted molar refractivity (Wildman–Crippen MR) is 58.0 cm³/mol. The third kappa shape index (κ3) is 6.89. The SMILES string of the molecule is CCCCCCCC[C@H](N)C(=O)OC. The standard InChI is InChI=1S/C11H23NO2/c1-3-4-5-6-7-8-9-10(12)11(13)14-2/h10H,3-9,12H2,1-2H3/t10-/m0/s1. The number of hydrogen-bond donors (Lipinski definition) is 1. The van der Waals surface area contributed by atoms with Gasteiger partial charge in [0, 0.05) is 0 Å². The number of nitrogens with two attached hydrogens (primary N) is 1. The molecule has 0 heterocycles. The zero-order valence-electron chi connectivity index (χ0n) is 9.42. The largest absolute Gasteiger partial charge is 0.468 e. The van der Waals surface area contributed by atoms with Crippen LogP contribution in [0.25, 0.3) is 0 Å². The van der Waals surface area contributed by atoms with Gasteiger partial charge in [0.25, 0.3) is 0 Å². The van der Waals surface area contributed by atoms with Gasteiger partial charge in [-0.05, 0) is 6.42 Å². The van der Waals surface area contributed by atoms with Crippen molar-refractivity contribution in [2.24, 2.45) is 5.73 Å². The summed E-state index contributed by atoms with van der Waals surface area (Å²) in [5.41, 5.74) is 5.59. The van der Waals surface area contributed by atoms with Gasteiger partial charge in [0.1, 0.15) is 6.04 Å². The van der Waals surface area contributed by atoms with Crippen LogP contribution in [0.2, 0.25) is 0 Å². The first-order chi connectivity index (χ1) is 6.72. The van der Waals surface area contributed by atoms with Crippen LogP contribution < -0.4 is 5.73 Å². The Bertz CT molecular complexity index is 148. The van der Waals surface area contributed by atoms with E-state index < -0.39 is 6.04 Å². The molecule has 0 aromatic carbocycles. The highest BCUT2D eigenvalue weighted by molar-refractivity contribution is 5.75. The van der Waals surface area contributed by atoms with E-state index >= 15 is 0 Å². The second-order valence-corrected chi connectivity index (χ2v) is 3.69. The number of esters is 1. The van der Waals surface area contributed by atoms with Crippen molar-refractivity contribution in [3.8, 4) is 0 Å². The number of hydrogen-bond acceptors (Lipinski definition) is 3. The monoisotopic (exact) mass is 201 g/mol. The Labute approximate surface area is 87.0 Å². The molecule has 14 heavy (non-hydrogen) atoms. The van der Waals surface area contributed by atoms with Crippen molar-refractivity contribution >= 4 is 5.97 Å². The molecule has 0 spiro atoms. The Hall–Kier alpha value is -0.570. The van der Waals surface area contributed by atoms with Crippen molar-refractivity contribution in [1.82, 2.24) is 0 Å². The Morgan fingerprint density at radius 3 is 2.36 bits per heavy atom. The molecule has 0 aliphatic carbocycles. The molecule has 3 heteroatoms. The molecule has 0 saturated heterocycles. The minimum absolute atomic E-state index is 0.293. The first-order valence-corrected chi connectivity index (χ1v) is 5.55. The van der Waals surface area contributed by atoms with E-state index in [9.17, 15) is 4.79 Å². The first kappa shape index (κ1) is 13.4. The van der Waals surface area contributed by atoms with Gasteiger partial charge in [0.05, 0.1) is 7.11 Å². The van der Waals surface area contributed by atoms with E-state index in [1.807, 2.05) is 0 Å². The highest BCUT2D eigenvalue weighted by atomic mass is 16.5. The van der Waals surface area contributed by atoms with Gasteiger partial charge in [-0.3, -0.25) is 4.79 Å². The van der Waals surface area contributed by atoms with Gasteiger partial charge in [-0.25, -0.2) is 0 Å². The Morgan fingerprint density at radius 2 is 1.79 bits per heavy atom. The maximum atomic E-state index is 10.9. The van der Waals surface area contributed by atoms with Crippen LogP contribution >= 0.6 is 0 Å². The normalized spacial score (nSPS) is 12.5. The molecule has 0 aromatic rings. The van der Waals surface area contributed by atoms with Crippen molar-refractivity contribution in [2.45, 2.75) is 57.9 Å². The Kier molecular flexibility index (Phi) is 8.64. The summed E-state index contributed by atoms with van der Waals surface area (Å²) in [6.07, 6.45) is 8.07. The van der Waals surface area contributed by atoms with E-state index in [1.54, 1.807) is 0 Å². The summed E-state index contributed by atoms with van der Waals surface area (Å²) in [5, 5.41) is 0. The second kappa shape index (κ2) is 9.00. The van der Waals surface area contributed by atoms with Crippen LogP contribution in [0.15, 0.2) is 0 Å². The lowest BCUT2D eigenvalue weighted by atomic mass is 10.1. The van der Waals surface area contributed by atoms with Crippen molar-refractivity contribution in [3.05, 3.63) is 0 Å². The van der Waals surface area contributed by atoms with Crippen LogP contribution in [0.5, 0.6) is 0 Å². The molecule has 1 atom stereocenters. The smallest absolute Gasteiger partial charge is 0.322 e. The summed E-state index contributed by atoms with van der Waals surface area (Å²) in [6.45, 7) is 2.20. The van der Waals surface area contributed by atoms with Crippen LogP contribution in [-0.2, 0) is 9.53 Å². The molecule has 0 bridgehead atoms. The fourth-order valence-electron chi connectivity index (χ4n) is 1.41. The highest BCUT2D eigenvalue weighted by Gasteiger charge is 2.11. The minimum Gasteiger partial charge on any atom is -0.468 e. The minimum atomic E-state index is -0.425. The van der Waals surface area contributed by atoms with E-state index in [4.69, 9.17) is 5.73 Å². The number of unbranched alkanes of at least 4 members (excludes halogenated alkanes) is 5. The molecule has 3 nitrogen and oxygen atoms in total. The van der Waals surface area contributed by atoms with Crippen molar-refractivity contribution in [2.75, 3.05) is 7.11 Å². The summed E-state index contributed by atoms with van der Waals surface area (Å²) < 4.78 is 4.54. The topological polar surface area (TPSA) is 52.3 Å². The molecule has 0 radical (unpaired) electrons. The predicted octanol–water partition coefficient (Wildman–Crippen LogP) is 2.24. The summed E-state index contributed by atoms with van der Waals surface area (Å²) in [5.74, 6) is -0.293. The van der Waals surface area contributed by atoms with Gasteiger partial charge in [-0.15, -0.1) is 0 Å². The molecule has 0 fully saturated rings. The number of carbonyl (C=O) groups is 1. The van der Waals surface area contributed by atoms with Crippen molar-refractivity contribution < 1.29 is 9.53 Å².